The van der Waals surface area contributed by atoms with Crippen molar-refractivity contribution in [1.29, 1.82) is 0 Å². The second kappa shape index (κ2) is 12.6. The van der Waals surface area contributed by atoms with E-state index in [4.69, 9.17) is 11.6 Å². The zero-order valence-electron chi connectivity index (χ0n) is 21.7. The van der Waals surface area contributed by atoms with Gasteiger partial charge in [0.1, 0.15) is 0 Å². The molecule has 4 rings (SSSR count). The van der Waals surface area contributed by atoms with Crippen LogP contribution >= 0.6 is 11.6 Å². The number of methoxy groups -OCH3 is 1. The highest BCUT2D eigenvalue weighted by atomic mass is 35.5. The monoisotopic (exact) mass is 575 g/mol. The number of rotatable bonds is 9. The molecule has 10 heteroatoms. The molecule has 8 nitrogen and oxygen atoms in total. The van der Waals surface area contributed by atoms with Gasteiger partial charge in [-0.3, -0.25) is 9.10 Å². The molecule has 1 N–H and O–H groups in total. The Kier molecular flexibility index (Phi) is 8.98. The van der Waals surface area contributed by atoms with E-state index in [0.29, 0.717) is 21.7 Å². The molecule has 0 aliphatic carbocycles. The fraction of sp³-hybridized carbons (Fsp3) is 0.100. The lowest BCUT2D eigenvalue weighted by molar-refractivity contribution is 0.0600. The number of ether oxygens (including phenoxy) is 1. The molecule has 40 heavy (non-hydrogen) atoms. The molecule has 0 atom stereocenters. The van der Waals surface area contributed by atoms with E-state index in [1.165, 1.54) is 35.8 Å². The van der Waals surface area contributed by atoms with Crippen LogP contribution in [0.15, 0.2) is 107 Å². The number of hydrogen-bond donors (Lipinski definition) is 1. The summed E-state index contributed by atoms with van der Waals surface area (Å²) >= 11 is 6.03. The normalized spacial score (nSPS) is 11.3. The molecule has 0 radical (unpaired) electrons. The van der Waals surface area contributed by atoms with E-state index in [1.54, 1.807) is 78.9 Å². The average molecular weight is 576 g/mol. The highest BCUT2D eigenvalue weighted by molar-refractivity contribution is 7.92. The van der Waals surface area contributed by atoms with Crippen LogP contribution in [-0.4, -0.2) is 33.6 Å². The van der Waals surface area contributed by atoms with Gasteiger partial charge in [-0.2, -0.15) is 5.10 Å². The topological polar surface area (TPSA) is 105 Å². The van der Waals surface area contributed by atoms with Gasteiger partial charge in [0.25, 0.3) is 15.9 Å². The largest absolute Gasteiger partial charge is 0.465 e. The number of carbonyl (C=O) groups excluding carboxylic acids is 2. The van der Waals surface area contributed by atoms with Crippen molar-refractivity contribution in [2.75, 3.05) is 11.4 Å². The summed E-state index contributed by atoms with van der Waals surface area (Å²) in [5, 5.41) is 4.54. The quantitative estimate of drug-likeness (QED) is 0.159. The van der Waals surface area contributed by atoms with Crippen LogP contribution in [0.3, 0.4) is 0 Å². The Morgan fingerprint density at radius 3 is 2.23 bits per heavy atom. The van der Waals surface area contributed by atoms with Crippen LogP contribution in [0.5, 0.6) is 0 Å². The number of hydrazone groups is 1. The third kappa shape index (κ3) is 6.74. The molecule has 204 valence electrons. The van der Waals surface area contributed by atoms with E-state index in [9.17, 15) is 18.0 Å². The lowest BCUT2D eigenvalue weighted by Crippen LogP contribution is -2.33. The lowest BCUT2D eigenvalue weighted by Gasteiger charge is -2.26. The van der Waals surface area contributed by atoms with E-state index >= 15 is 0 Å². The number of nitrogens with zero attached hydrogens (tertiary/aromatic N) is 2. The maximum Gasteiger partial charge on any atom is 0.337 e. The summed E-state index contributed by atoms with van der Waals surface area (Å²) in [6.07, 6.45) is 1.41. The smallest absolute Gasteiger partial charge is 0.337 e. The minimum absolute atomic E-state index is 0.0342. The summed E-state index contributed by atoms with van der Waals surface area (Å²) in [4.78, 5) is 24.9. The van der Waals surface area contributed by atoms with E-state index < -0.39 is 21.9 Å². The van der Waals surface area contributed by atoms with Crippen molar-refractivity contribution in [3.8, 4) is 0 Å². The number of amides is 1. The third-order valence-electron chi connectivity index (χ3n) is 5.98. The third-order valence-corrected chi connectivity index (χ3v) is 8.00. The van der Waals surface area contributed by atoms with Gasteiger partial charge < -0.3 is 4.74 Å². The van der Waals surface area contributed by atoms with Gasteiger partial charge in [-0.15, -0.1) is 0 Å². The highest BCUT2D eigenvalue weighted by Crippen LogP contribution is 2.30. The Balaban J connectivity index is 1.65. The molecular weight excluding hydrogens is 550 g/mol. The Morgan fingerprint density at radius 2 is 1.57 bits per heavy atom. The summed E-state index contributed by atoms with van der Waals surface area (Å²) in [6.45, 7) is 1.84. The molecule has 0 fully saturated rings. The zero-order valence-corrected chi connectivity index (χ0v) is 23.3. The van der Waals surface area contributed by atoms with Gasteiger partial charge in [-0.1, -0.05) is 65.7 Å². The first-order chi connectivity index (χ1) is 19.2. The maximum atomic E-state index is 13.9. The van der Waals surface area contributed by atoms with Gasteiger partial charge in [0.2, 0.25) is 0 Å². The molecule has 0 unspecified atom stereocenters. The number of carbonyl (C=O) groups is 2. The summed E-state index contributed by atoms with van der Waals surface area (Å²) in [5.41, 5.74) is 5.38. The number of nitrogens with one attached hydrogen (secondary N) is 1. The van der Waals surface area contributed by atoms with E-state index in [-0.39, 0.29) is 22.7 Å². The molecule has 1 amide bonds. The number of sulfonamides is 1. The fourth-order valence-electron chi connectivity index (χ4n) is 3.82. The Bertz CT molecular complexity index is 1640. The van der Waals surface area contributed by atoms with E-state index in [1.807, 2.05) is 6.92 Å². The van der Waals surface area contributed by atoms with Gasteiger partial charge in [0, 0.05) is 5.02 Å². The number of halogens is 1. The zero-order chi connectivity index (χ0) is 28.7. The van der Waals surface area contributed by atoms with E-state index in [2.05, 4.69) is 15.3 Å². The van der Waals surface area contributed by atoms with Crippen LogP contribution in [0.1, 0.15) is 37.4 Å². The molecule has 0 aliphatic rings. The molecule has 0 saturated carbocycles. The molecule has 0 heterocycles. The SMILES string of the molecule is COC(=O)c1ccc(/C=N\NC(=O)c2ccccc2N(Cc2ccc(Cl)cc2)S(=O)(=O)c2ccc(C)cc2)cc1. The number of hydrogen-bond acceptors (Lipinski definition) is 6. The van der Waals surface area contributed by atoms with Crippen molar-refractivity contribution in [2.45, 2.75) is 18.4 Å². The Hall–Kier alpha value is -4.47. The second-order valence-electron chi connectivity index (χ2n) is 8.78. The molecule has 0 spiro atoms. The summed E-state index contributed by atoms with van der Waals surface area (Å²) in [5.74, 6) is -1.06. The van der Waals surface area contributed by atoms with Crippen LogP contribution in [0, 0.1) is 6.92 Å². The van der Waals surface area contributed by atoms with Crippen LogP contribution < -0.4 is 9.73 Å². The summed E-state index contributed by atoms with van der Waals surface area (Å²) in [7, 11) is -2.77. The first kappa shape index (κ1) is 28.5. The van der Waals surface area contributed by atoms with Crippen LogP contribution in [0.4, 0.5) is 5.69 Å². The first-order valence-corrected chi connectivity index (χ1v) is 14.0. The van der Waals surface area contributed by atoms with Gasteiger partial charge >= 0.3 is 5.97 Å². The summed E-state index contributed by atoms with van der Waals surface area (Å²) in [6, 6.07) is 26.2. The van der Waals surface area contributed by atoms with Crippen molar-refractivity contribution in [2.24, 2.45) is 5.10 Å². The molecule has 0 bridgehead atoms. The van der Waals surface area contributed by atoms with Crippen LogP contribution in [0.2, 0.25) is 5.02 Å². The van der Waals surface area contributed by atoms with Crippen molar-refractivity contribution < 1.29 is 22.7 Å². The van der Waals surface area contributed by atoms with Crippen LogP contribution in [-0.2, 0) is 21.3 Å². The number of aryl methyl sites for hydroxylation is 1. The first-order valence-electron chi connectivity index (χ1n) is 12.1. The van der Waals surface area contributed by atoms with Crippen molar-refractivity contribution in [1.82, 2.24) is 5.43 Å². The Labute approximate surface area is 237 Å². The minimum atomic E-state index is -4.07. The Morgan fingerprint density at radius 1 is 0.925 bits per heavy atom. The molecule has 0 saturated heterocycles. The number of esters is 1. The van der Waals surface area contributed by atoms with Gasteiger partial charge in [0.05, 0.1) is 41.6 Å². The molecule has 4 aromatic carbocycles. The van der Waals surface area contributed by atoms with E-state index in [0.717, 1.165) is 5.56 Å². The highest BCUT2D eigenvalue weighted by Gasteiger charge is 2.28. The average Bonchev–Trinajstić information content (AvgIpc) is 2.97. The predicted octanol–water partition coefficient (Wildman–Crippen LogP) is 5.59. The molecule has 0 aromatic heterocycles. The van der Waals surface area contributed by atoms with Gasteiger partial charge in [0.15, 0.2) is 0 Å². The fourth-order valence-corrected chi connectivity index (χ4v) is 5.42. The lowest BCUT2D eigenvalue weighted by atomic mass is 10.1. The predicted molar refractivity (Wildman–Crippen MR) is 155 cm³/mol. The second-order valence-corrected chi connectivity index (χ2v) is 11.1. The summed E-state index contributed by atoms with van der Waals surface area (Å²) < 4.78 is 33.7. The maximum absolute atomic E-state index is 13.9. The van der Waals surface area contributed by atoms with Gasteiger partial charge in [-0.25, -0.2) is 18.6 Å². The van der Waals surface area contributed by atoms with Gasteiger partial charge in [-0.05, 0) is 66.6 Å². The van der Waals surface area contributed by atoms with Crippen LogP contribution in [0.25, 0.3) is 0 Å². The molecule has 4 aromatic rings. The number of para-hydroxylation sites is 1. The molecular formula is C30H26ClN3O5S. The number of anilines is 1. The minimum Gasteiger partial charge on any atom is -0.465 e. The van der Waals surface area contributed by atoms with Crippen molar-refractivity contribution >= 4 is 45.4 Å². The number of benzene rings is 4. The standard InChI is InChI=1S/C30H26ClN3O5S/c1-21-7-17-26(18-8-21)40(37,38)34(20-23-11-15-25(31)16-12-23)28-6-4-3-5-27(28)29(35)33-32-19-22-9-13-24(14-10-22)30(36)39-2/h3-19H,20H2,1-2H3,(H,33,35)/b32-19-. The van der Waals surface area contributed by atoms with Crippen molar-refractivity contribution in [3.05, 3.63) is 130 Å². The molecule has 0 aliphatic heterocycles. The van der Waals surface area contributed by atoms with Crippen molar-refractivity contribution in [3.63, 3.8) is 0 Å².